The molecule has 0 saturated carbocycles. The zero-order valence-corrected chi connectivity index (χ0v) is 16.2. The van der Waals surface area contributed by atoms with Gasteiger partial charge in [-0.05, 0) is 29.8 Å². The molecule has 6 nitrogen and oxygen atoms in total. The van der Waals surface area contributed by atoms with Gasteiger partial charge < -0.3 is 19.5 Å². The zero-order valence-electron chi connectivity index (χ0n) is 16.2. The minimum absolute atomic E-state index is 0.211. The zero-order chi connectivity index (χ0) is 20.6. The highest BCUT2D eigenvalue weighted by Gasteiger charge is 2.13. The molecule has 3 aromatic carbocycles. The molecule has 0 aliphatic heterocycles. The molecule has 1 amide bonds. The molecule has 0 heterocycles. The van der Waals surface area contributed by atoms with Gasteiger partial charge in [-0.3, -0.25) is 4.79 Å². The lowest BCUT2D eigenvalue weighted by molar-refractivity contribution is -0.118. The van der Waals surface area contributed by atoms with Crippen LogP contribution in [0, 0.1) is 0 Å². The molecular weight excluding hydrogens is 370 g/mol. The summed E-state index contributed by atoms with van der Waals surface area (Å²) >= 11 is 0. The van der Waals surface area contributed by atoms with Crippen molar-refractivity contribution in [1.82, 2.24) is 0 Å². The van der Waals surface area contributed by atoms with Crippen LogP contribution < -0.4 is 14.8 Å². The van der Waals surface area contributed by atoms with E-state index in [9.17, 15) is 9.59 Å². The topological polar surface area (TPSA) is 73.9 Å². The monoisotopic (exact) mass is 391 g/mol. The molecule has 3 rings (SSSR count). The van der Waals surface area contributed by atoms with Crippen LogP contribution in [0.3, 0.4) is 0 Å². The summed E-state index contributed by atoms with van der Waals surface area (Å²) in [7, 11) is 2.76. The van der Waals surface area contributed by atoms with Crippen molar-refractivity contribution >= 4 is 17.6 Å². The van der Waals surface area contributed by atoms with Gasteiger partial charge in [-0.1, -0.05) is 48.5 Å². The second-order valence-corrected chi connectivity index (χ2v) is 6.11. The maximum atomic E-state index is 12.4. The quantitative estimate of drug-likeness (QED) is 0.612. The molecule has 6 heteroatoms. The van der Waals surface area contributed by atoms with Crippen LogP contribution in [-0.2, 0) is 9.53 Å². The van der Waals surface area contributed by atoms with Crippen molar-refractivity contribution in [3.05, 3.63) is 78.4 Å². The number of ether oxygens (including phenoxy) is 3. The van der Waals surface area contributed by atoms with Crippen molar-refractivity contribution in [3.63, 3.8) is 0 Å². The van der Waals surface area contributed by atoms with Crippen LogP contribution in [0.25, 0.3) is 11.1 Å². The Labute approximate surface area is 169 Å². The van der Waals surface area contributed by atoms with Gasteiger partial charge in [-0.2, -0.15) is 0 Å². The van der Waals surface area contributed by atoms with E-state index in [1.807, 2.05) is 54.6 Å². The maximum Gasteiger partial charge on any atom is 0.337 e. The fourth-order valence-electron chi connectivity index (χ4n) is 2.82. The number of carbonyl (C=O) groups excluding carboxylic acids is 2. The number of anilines is 1. The SMILES string of the molecule is COC(=O)c1ccc(OCC(=O)Nc2ccccc2-c2ccccc2)c(OC)c1. The van der Waals surface area contributed by atoms with Crippen LogP contribution in [0.15, 0.2) is 72.8 Å². The molecule has 148 valence electrons. The van der Waals surface area contributed by atoms with Crippen LogP contribution in [0.2, 0.25) is 0 Å². The number of para-hydroxylation sites is 1. The number of carbonyl (C=O) groups is 2. The number of esters is 1. The summed E-state index contributed by atoms with van der Waals surface area (Å²) in [5.41, 5.74) is 2.95. The Morgan fingerprint density at radius 2 is 1.59 bits per heavy atom. The highest BCUT2D eigenvalue weighted by atomic mass is 16.5. The third-order valence-electron chi connectivity index (χ3n) is 4.23. The second kappa shape index (κ2) is 9.41. The molecule has 0 aromatic heterocycles. The van der Waals surface area contributed by atoms with E-state index in [1.54, 1.807) is 12.1 Å². The van der Waals surface area contributed by atoms with Crippen molar-refractivity contribution in [1.29, 1.82) is 0 Å². The number of amides is 1. The van der Waals surface area contributed by atoms with Gasteiger partial charge in [0.15, 0.2) is 18.1 Å². The largest absolute Gasteiger partial charge is 0.493 e. The minimum atomic E-state index is -0.481. The fourth-order valence-corrected chi connectivity index (χ4v) is 2.82. The Balaban J connectivity index is 1.69. The summed E-state index contributed by atoms with van der Waals surface area (Å²) in [6.07, 6.45) is 0. The predicted octanol–water partition coefficient (Wildman–Crippen LogP) is 4.17. The van der Waals surface area contributed by atoms with E-state index in [4.69, 9.17) is 9.47 Å². The first-order chi connectivity index (χ1) is 14.1. The first kappa shape index (κ1) is 19.9. The summed E-state index contributed by atoms with van der Waals surface area (Å²) in [6, 6.07) is 22.0. The molecule has 0 aliphatic rings. The molecule has 0 bridgehead atoms. The van der Waals surface area contributed by atoms with Crippen LogP contribution >= 0.6 is 0 Å². The molecule has 0 fully saturated rings. The Bertz CT molecular complexity index is 1000. The summed E-state index contributed by atoms with van der Waals surface area (Å²) in [5, 5.41) is 2.88. The number of rotatable bonds is 7. The van der Waals surface area contributed by atoms with Gasteiger partial charge in [0.05, 0.1) is 19.8 Å². The lowest BCUT2D eigenvalue weighted by Gasteiger charge is -2.13. The van der Waals surface area contributed by atoms with Gasteiger partial charge in [0.2, 0.25) is 0 Å². The average Bonchev–Trinajstić information content (AvgIpc) is 2.78. The molecule has 0 radical (unpaired) electrons. The van der Waals surface area contributed by atoms with Crippen molar-refractivity contribution in [2.24, 2.45) is 0 Å². The second-order valence-electron chi connectivity index (χ2n) is 6.11. The van der Waals surface area contributed by atoms with E-state index < -0.39 is 5.97 Å². The van der Waals surface area contributed by atoms with E-state index in [0.29, 0.717) is 22.7 Å². The van der Waals surface area contributed by atoms with Crippen LogP contribution in [0.5, 0.6) is 11.5 Å². The maximum absolute atomic E-state index is 12.4. The standard InChI is InChI=1S/C23H21NO5/c1-27-21-14-17(23(26)28-2)12-13-20(21)29-15-22(25)24-19-11-7-6-10-18(19)16-8-4-3-5-9-16/h3-14H,15H2,1-2H3,(H,24,25). The van der Waals surface area contributed by atoms with E-state index in [2.05, 4.69) is 10.1 Å². The molecular formula is C23H21NO5. The van der Waals surface area contributed by atoms with Gasteiger partial charge in [-0.15, -0.1) is 0 Å². The summed E-state index contributed by atoms with van der Waals surface area (Å²) < 4.78 is 15.5. The molecule has 3 aromatic rings. The molecule has 1 N–H and O–H groups in total. The number of hydrogen-bond acceptors (Lipinski definition) is 5. The first-order valence-electron chi connectivity index (χ1n) is 8.96. The predicted molar refractivity (Wildman–Crippen MR) is 110 cm³/mol. The molecule has 0 saturated heterocycles. The van der Waals surface area contributed by atoms with Gasteiger partial charge in [0.25, 0.3) is 5.91 Å². The van der Waals surface area contributed by atoms with Gasteiger partial charge in [0.1, 0.15) is 0 Å². The van der Waals surface area contributed by atoms with Crippen molar-refractivity contribution in [3.8, 4) is 22.6 Å². The van der Waals surface area contributed by atoms with E-state index in [0.717, 1.165) is 11.1 Å². The average molecular weight is 391 g/mol. The lowest BCUT2D eigenvalue weighted by atomic mass is 10.0. The third kappa shape index (κ3) is 4.93. The van der Waals surface area contributed by atoms with Gasteiger partial charge >= 0.3 is 5.97 Å². The molecule has 0 unspecified atom stereocenters. The Hall–Kier alpha value is -3.80. The number of methoxy groups -OCH3 is 2. The smallest absolute Gasteiger partial charge is 0.337 e. The van der Waals surface area contributed by atoms with Crippen LogP contribution in [-0.4, -0.2) is 32.7 Å². The molecule has 0 spiro atoms. The van der Waals surface area contributed by atoms with Crippen LogP contribution in [0.4, 0.5) is 5.69 Å². The van der Waals surface area contributed by atoms with E-state index in [-0.39, 0.29) is 12.5 Å². The Kier molecular flexibility index (Phi) is 6.47. The number of benzene rings is 3. The molecule has 29 heavy (non-hydrogen) atoms. The number of nitrogens with one attached hydrogen (secondary N) is 1. The summed E-state index contributed by atoms with van der Waals surface area (Å²) in [4.78, 5) is 24.1. The summed E-state index contributed by atoms with van der Waals surface area (Å²) in [6.45, 7) is -0.211. The lowest BCUT2D eigenvalue weighted by Crippen LogP contribution is -2.20. The Morgan fingerprint density at radius 3 is 2.31 bits per heavy atom. The third-order valence-corrected chi connectivity index (χ3v) is 4.23. The first-order valence-corrected chi connectivity index (χ1v) is 8.96. The van der Waals surface area contributed by atoms with Crippen molar-refractivity contribution < 1.29 is 23.8 Å². The highest BCUT2D eigenvalue weighted by Crippen LogP contribution is 2.29. The fraction of sp³-hybridized carbons (Fsp3) is 0.130. The van der Waals surface area contributed by atoms with Gasteiger partial charge in [0, 0.05) is 11.3 Å². The van der Waals surface area contributed by atoms with Crippen LogP contribution in [0.1, 0.15) is 10.4 Å². The molecule has 0 aliphatic carbocycles. The number of hydrogen-bond donors (Lipinski definition) is 1. The highest BCUT2D eigenvalue weighted by molar-refractivity contribution is 5.96. The normalized spacial score (nSPS) is 10.1. The minimum Gasteiger partial charge on any atom is -0.493 e. The molecule has 0 atom stereocenters. The summed E-state index contributed by atoms with van der Waals surface area (Å²) in [5.74, 6) is -0.102. The van der Waals surface area contributed by atoms with Gasteiger partial charge in [-0.25, -0.2) is 4.79 Å². The van der Waals surface area contributed by atoms with E-state index in [1.165, 1.54) is 20.3 Å². The van der Waals surface area contributed by atoms with Crippen molar-refractivity contribution in [2.75, 3.05) is 26.1 Å². The van der Waals surface area contributed by atoms with E-state index >= 15 is 0 Å². The Morgan fingerprint density at radius 1 is 0.862 bits per heavy atom. The van der Waals surface area contributed by atoms with Crippen molar-refractivity contribution in [2.45, 2.75) is 0 Å².